The topological polar surface area (TPSA) is 50.8 Å². The quantitative estimate of drug-likeness (QED) is 0.920. The normalized spacial score (nSPS) is 16.9. The van der Waals surface area contributed by atoms with Gasteiger partial charge in [0, 0.05) is 18.7 Å². The van der Waals surface area contributed by atoms with Gasteiger partial charge in [0.1, 0.15) is 13.2 Å². The molecule has 1 N–H and O–H groups in total. The number of carbonyl (C=O) groups is 1. The van der Waals surface area contributed by atoms with Crippen molar-refractivity contribution in [1.82, 2.24) is 0 Å². The van der Waals surface area contributed by atoms with Gasteiger partial charge in [0.25, 0.3) is 0 Å². The number of nitrogens with zero attached hydrogens (tertiary/aromatic N) is 1. The van der Waals surface area contributed by atoms with Crippen molar-refractivity contribution >= 4 is 17.3 Å². The molecule has 0 saturated carbocycles. The summed E-state index contributed by atoms with van der Waals surface area (Å²) in [7, 11) is 0. The van der Waals surface area contributed by atoms with Gasteiger partial charge in [0.05, 0.1) is 17.9 Å². The van der Waals surface area contributed by atoms with Gasteiger partial charge >= 0.3 is 0 Å². The van der Waals surface area contributed by atoms with E-state index in [1.165, 1.54) is 0 Å². The summed E-state index contributed by atoms with van der Waals surface area (Å²) in [5.41, 5.74) is 1.84. The van der Waals surface area contributed by atoms with Crippen LogP contribution in [0, 0.1) is 5.92 Å². The van der Waals surface area contributed by atoms with E-state index in [0.29, 0.717) is 25.7 Å². The molecule has 0 unspecified atom stereocenters. The van der Waals surface area contributed by atoms with Crippen molar-refractivity contribution in [1.29, 1.82) is 0 Å². The monoisotopic (exact) mass is 276 g/mol. The van der Waals surface area contributed by atoms with Gasteiger partial charge < -0.3 is 19.7 Å². The maximum Gasteiger partial charge on any atom is 0.246 e. The van der Waals surface area contributed by atoms with Crippen LogP contribution in [-0.4, -0.2) is 32.2 Å². The molecule has 1 aromatic rings. The maximum atomic E-state index is 12.1. The molecule has 0 radical (unpaired) electrons. The highest BCUT2D eigenvalue weighted by Crippen LogP contribution is 2.41. The second-order valence-corrected chi connectivity index (χ2v) is 5.59. The first-order valence-electron chi connectivity index (χ1n) is 7.13. The van der Waals surface area contributed by atoms with Gasteiger partial charge in [-0.1, -0.05) is 13.8 Å². The van der Waals surface area contributed by atoms with Crippen molar-refractivity contribution in [3.63, 3.8) is 0 Å². The number of benzene rings is 1. The van der Waals surface area contributed by atoms with E-state index in [1.807, 2.05) is 17.0 Å². The van der Waals surface area contributed by atoms with E-state index in [9.17, 15) is 4.79 Å². The summed E-state index contributed by atoms with van der Waals surface area (Å²) in [5, 5.41) is 3.15. The molecule has 0 saturated heterocycles. The zero-order valence-corrected chi connectivity index (χ0v) is 11.9. The molecule has 2 aliphatic heterocycles. The molecule has 2 heterocycles. The van der Waals surface area contributed by atoms with Crippen LogP contribution in [0.1, 0.15) is 20.3 Å². The van der Waals surface area contributed by atoms with Gasteiger partial charge in [-0.15, -0.1) is 0 Å². The summed E-state index contributed by atoms with van der Waals surface area (Å²) in [6.45, 7) is 6.53. The number of rotatable bonds is 3. The van der Waals surface area contributed by atoms with Crippen LogP contribution in [0.3, 0.4) is 0 Å². The van der Waals surface area contributed by atoms with Gasteiger partial charge in [-0.3, -0.25) is 4.79 Å². The van der Waals surface area contributed by atoms with Crippen LogP contribution in [0.25, 0.3) is 0 Å². The first-order chi connectivity index (χ1) is 9.65. The summed E-state index contributed by atoms with van der Waals surface area (Å²) in [5.74, 6) is 2.15. The zero-order valence-electron chi connectivity index (χ0n) is 11.9. The van der Waals surface area contributed by atoms with Gasteiger partial charge in [-0.2, -0.15) is 0 Å². The van der Waals surface area contributed by atoms with E-state index < -0.39 is 0 Å². The third-order valence-electron chi connectivity index (χ3n) is 3.61. The van der Waals surface area contributed by atoms with Crippen LogP contribution in [-0.2, 0) is 4.79 Å². The third-order valence-corrected chi connectivity index (χ3v) is 3.61. The van der Waals surface area contributed by atoms with Crippen molar-refractivity contribution in [2.24, 2.45) is 5.92 Å². The van der Waals surface area contributed by atoms with E-state index in [4.69, 9.17) is 9.47 Å². The van der Waals surface area contributed by atoms with Crippen LogP contribution in [0.5, 0.6) is 11.5 Å². The predicted molar refractivity (Wildman–Crippen MR) is 77.7 cm³/mol. The first kappa shape index (κ1) is 13.1. The molecule has 108 valence electrons. The van der Waals surface area contributed by atoms with E-state index in [2.05, 4.69) is 19.2 Å². The fourth-order valence-corrected chi connectivity index (χ4v) is 2.48. The van der Waals surface area contributed by atoms with Crippen LogP contribution < -0.4 is 19.7 Å². The number of fused-ring (bicyclic) bond motifs is 2. The van der Waals surface area contributed by atoms with Gasteiger partial charge in [0.2, 0.25) is 5.91 Å². The maximum absolute atomic E-state index is 12.1. The molecule has 0 fully saturated rings. The van der Waals surface area contributed by atoms with Crippen molar-refractivity contribution in [3.05, 3.63) is 12.1 Å². The largest absolute Gasteiger partial charge is 0.486 e. The third kappa shape index (κ3) is 2.40. The van der Waals surface area contributed by atoms with E-state index >= 15 is 0 Å². The molecule has 5 nitrogen and oxygen atoms in total. The molecule has 0 spiro atoms. The Kier molecular flexibility index (Phi) is 3.42. The minimum Gasteiger partial charge on any atom is -0.486 e. The summed E-state index contributed by atoms with van der Waals surface area (Å²) < 4.78 is 11.2. The lowest BCUT2D eigenvalue weighted by molar-refractivity contribution is -0.117. The average Bonchev–Trinajstić information content (AvgIpc) is 2.44. The van der Waals surface area contributed by atoms with E-state index in [1.54, 1.807) is 0 Å². The summed E-state index contributed by atoms with van der Waals surface area (Å²) in [6, 6.07) is 3.84. The Morgan fingerprint density at radius 3 is 2.65 bits per heavy atom. The fourth-order valence-electron chi connectivity index (χ4n) is 2.48. The molecule has 0 bridgehead atoms. The minimum absolute atomic E-state index is 0.106. The zero-order chi connectivity index (χ0) is 14.1. The molecule has 0 atom stereocenters. The van der Waals surface area contributed by atoms with Crippen molar-refractivity contribution in [2.45, 2.75) is 20.3 Å². The molecular formula is C15H20N2O3. The van der Waals surface area contributed by atoms with Crippen LogP contribution in [0.15, 0.2) is 12.1 Å². The van der Waals surface area contributed by atoms with Crippen LogP contribution >= 0.6 is 0 Å². The van der Waals surface area contributed by atoms with E-state index in [-0.39, 0.29) is 5.91 Å². The predicted octanol–water partition coefficient (Wildman–Crippen LogP) is 2.26. The number of amides is 1. The second-order valence-electron chi connectivity index (χ2n) is 5.59. The number of carbonyl (C=O) groups excluding carboxylic acids is 1. The number of hydrogen-bond acceptors (Lipinski definition) is 4. The molecule has 2 aliphatic rings. The summed E-state index contributed by atoms with van der Waals surface area (Å²) >= 11 is 0. The minimum atomic E-state index is 0.106. The first-order valence-corrected chi connectivity index (χ1v) is 7.13. The van der Waals surface area contributed by atoms with Crippen molar-refractivity contribution in [2.75, 3.05) is 36.5 Å². The Labute approximate surface area is 118 Å². The molecule has 1 aromatic carbocycles. The standard InChI is InChI=1S/C15H20N2O3/c1-10(2)3-4-17-12-8-14-13(19-5-6-20-14)7-11(12)16-9-15(17)18/h7-8,10,16H,3-6,9H2,1-2H3. The van der Waals surface area contributed by atoms with Crippen molar-refractivity contribution < 1.29 is 14.3 Å². The number of nitrogens with one attached hydrogen (secondary N) is 1. The van der Waals surface area contributed by atoms with Gasteiger partial charge in [0.15, 0.2) is 11.5 Å². The lowest BCUT2D eigenvalue weighted by atomic mass is 10.1. The molecule has 0 aliphatic carbocycles. The number of anilines is 2. The summed E-state index contributed by atoms with van der Waals surface area (Å²) in [6.07, 6.45) is 0.986. The lowest BCUT2D eigenvalue weighted by Crippen LogP contribution is -2.41. The Balaban J connectivity index is 1.92. The highest BCUT2D eigenvalue weighted by molar-refractivity contribution is 6.03. The van der Waals surface area contributed by atoms with Gasteiger partial charge in [-0.25, -0.2) is 0 Å². The smallest absolute Gasteiger partial charge is 0.246 e. The Hall–Kier alpha value is -1.91. The van der Waals surface area contributed by atoms with Gasteiger partial charge in [-0.05, 0) is 12.3 Å². The number of hydrogen-bond donors (Lipinski definition) is 1. The molecule has 20 heavy (non-hydrogen) atoms. The molecule has 3 rings (SSSR count). The van der Waals surface area contributed by atoms with E-state index in [0.717, 1.165) is 35.8 Å². The highest BCUT2D eigenvalue weighted by Gasteiger charge is 2.27. The lowest BCUT2D eigenvalue weighted by Gasteiger charge is -2.32. The SMILES string of the molecule is CC(C)CCN1C(=O)CNc2cc3c(cc21)OCCO3. The summed E-state index contributed by atoms with van der Waals surface area (Å²) in [4.78, 5) is 14.0. The van der Waals surface area contributed by atoms with Crippen LogP contribution in [0.2, 0.25) is 0 Å². The molecule has 1 amide bonds. The Morgan fingerprint density at radius 2 is 1.95 bits per heavy atom. The average molecular weight is 276 g/mol. The second kappa shape index (κ2) is 5.23. The fraction of sp³-hybridized carbons (Fsp3) is 0.533. The highest BCUT2D eigenvalue weighted by atomic mass is 16.6. The van der Waals surface area contributed by atoms with Crippen molar-refractivity contribution in [3.8, 4) is 11.5 Å². The Bertz CT molecular complexity index is 528. The molecular weight excluding hydrogens is 256 g/mol. The Morgan fingerprint density at radius 1 is 1.25 bits per heavy atom. The number of ether oxygens (including phenoxy) is 2. The molecule has 5 heteroatoms. The van der Waals surface area contributed by atoms with Crippen LogP contribution in [0.4, 0.5) is 11.4 Å². The molecule has 0 aromatic heterocycles.